The van der Waals surface area contributed by atoms with Gasteiger partial charge in [0.2, 0.25) is 0 Å². The molecule has 1 atom stereocenters. The SMILES string of the molecule is CCC(O)COc1ccc(C(=O)O)cc1Br. The van der Waals surface area contributed by atoms with E-state index in [1.165, 1.54) is 12.1 Å². The van der Waals surface area contributed by atoms with Gasteiger partial charge in [0.15, 0.2) is 0 Å². The van der Waals surface area contributed by atoms with Crippen LogP contribution < -0.4 is 4.74 Å². The molecule has 0 saturated heterocycles. The molecule has 0 saturated carbocycles. The van der Waals surface area contributed by atoms with E-state index >= 15 is 0 Å². The van der Waals surface area contributed by atoms with Gasteiger partial charge in [-0.05, 0) is 40.5 Å². The molecule has 0 radical (unpaired) electrons. The Balaban J connectivity index is 2.72. The van der Waals surface area contributed by atoms with Gasteiger partial charge in [-0.15, -0.1) is 0 Å². The van der Waals surface area contributed by atoms with Crippen LogP contribution in [0.2, 0.25) is 0 Å². The maximum Gasteiger partial charge on any atom is 0.335 e. The third-order valence-electron chi connectivity index (χ3n) is 2.08. The second kappa shape index (κ2) is 5.86. The van der Waals surface area contributed by atoms with Crippen molar-refractivity contribution in [3.05, 3.63) is 28.2 Å². The molecule has 0 heterocycles. The number of hydrogen-bond acceptors (Lipinski definition) is 3. The normalized spacial score (nSPS) is 12.2. The number of hydrogen-bond donors (Lipinski definition) is 2. The molecule has 5 heteroatoms. The first-order chi connectivity index (χ1) is 7.54. The van der Waals surface area contributed by atoms with Crippen molar-refractivity contribution in [2.75, 3.05) is 6.61 Å². The Morgan fingerprint density at radius 1 is 1.56 bits per heavy atom. The van der Waals surface area contributed by atoms with Gasteiger partial charge in [-0.3, -0.25) is 0 Å². The smallest absolute Gasteiger partial charge is 0.335 e. The molecule has 0 fully saturated rings. The van der Waals surface area contributed by atoms with Crippen molar-refractivity contribution < 1.29 is 19.7 Å². The Labute approximate surface area is 102 Å². The molecule has 0 aliphatic rings. The fourth-order valence-corrected chi connectivity index (χ4v) is 1.55. The predicted molar refractivity (Wildman–Crippen MR) is 62.9 cm³/mol. The number of aliphatic hydroxyl groups excluding tert-OH is 1. The minimum absolute atomic E-state index is 0.190. The number of ether oxygens (including phenoxy) is 1. The summed E-state index contributed by atoms with van der Waals surface area (Å²) in [6.45, 7) is 2.05. The van der Waals surface area contributed by atoms with Gasteiger partial charge < -0.3 is 14.9 Å². The molecule has 0 aromatic heterocycles. The zero-order valence-corrected chi connectivity index (χ0v) is 10.4. The number of aliphatic hydroxyl groups is 1. The standard InChI is InChI=1S/C11H13BrO4/c1-2-8(13)6-16-10-4-3-7(11(14)15)5-9(10)12/h3-5,8,13H,2,6H2,1H3,(H,14,15). The molecular weight excluding hydrogens is 276 g/mol. The van der Waals surface area contributed by atoms with E-state index in [-0.39, 0.29) is 12.2 Å². The topological polar surface area (TPSA) is 66.8 Å². The highest BCUT2D eigenvalue weighted by Gasteiger charge is 2.09. The van der Waals surface area contributed by atoms with E-state index in [0.29, 0.717) is 16.6 Å². The van der Waals surface area contributed by atoms with E-state index in [9.17, 15) is 9.90 Å². The van der Waals surface area contributed by atoms with E-state index in [1.54, 1.807) is 6.07 Å². The van der Waals surface area contributed by atoms with Crippen molar-refractivity contribution in [1.29, 1.82) is 0 Å². The van der Waals surface area contributed by atoms with E-state index in [4.69, 9.17) is 9.84 Å². The van der Waals surface area contributed by atoms with Crippen LogP contribution in [0.25, 0.3) is 0 Å². The lowest BCUT2D eigenvalue weighted by molar-refractivity contribution is 0.0696. The monoisotopic (exact) mass is 288 g/mol. The minimum Gasteiger partial charge on any atom is -0.490 e. The molecule has 0 spiro atoms. The van der Waals surface area contributed by atoms with Crippen molar-refractivity contribution >= 4 is 21.9 Å². The maximum absolute atomic E-state index is 10.7. The first kappa shape index (κ1) is 13.0. The van der Waals surface area contributed by atoms with Crippen LogP contribution in [0.3, 0.4) is 0 Å². The lowest BCUT2D eigenvalue weighted by Gasteiger charge is -2.11. The highest BCUT2D eigenvalue weighted by molar-refractivity contribution is 9.10. The molecule has 0 bridgehead atoms. The molecule has 1 rings (SSSR count). The molecule has 88 valence electrons. The van der Waals surface area contributed by atoms with Crippen molar-refractivity contribution in [2.45, 2.75) is 19.4 Å². The molecule has 1 aromatic carbocycles. The van der Waals surface area contributed by atoms with Gasteiger partial charge in [0.25, 0.3) is 0 Å². The number of aromatic carboxylic acids is 1. The Bertz CT molecular complexity index is 378. The van der Waals surface area contributed by atoms with Gasteiger partial charge in [-0.25, -0.2) is 4.79 Å². The number of carboxylic acids is 1. The highest BCUT2D eigenvalue weighted by atomic mass is 79.9. The third kappa shape index (κ3) is 3.50. The molecule has 4 nitrogen and oxygen atoms in total. The van der Waals surface area contributed by atoms with E-state index in [2.05, 4.69) is 15.9 Å². The number of benzene rings is 1. The second-order valence-corrected chi connectivity index (χ2v) is 4.18. The molecule has 1 unspecified atom stereocenters. The van der Waals surface area contributed by atoms with Crippen LogP contribution in [0.1, 0.15) is 23.7 Å². The zero-order chi connectivity index (χ0) is 12.1. The second-order valence-electron chi connectivity index (χ2n) is 3.32. The Morgan fingerprint density at radius 2 is 2.25 bits per heavy atom. The Kier molecular flexibility index (Phi) is 4.76. The van der Waals surface area contributed by atoms with E-state index < -0.39 is 12.1 Å². The summed E-state index contributed by atoms with van der Waals surface area (Å²) in [6.07, 6.45) is 0.108. The van der Waals surface area contributed by atoms with Gasteiger partial charge in [-0.1, -0.05) is 6.92 Å². The fraction of sp³-hybridized carbons (Fsp3) is 0.364. The summed E-state index contributed by atoms with van der Waals surface area (Å²) in [5.74, 6) is -0.460. The van der Waals surface area contributed by atoms with Gasteiger partial charge in [-0.2, -0.15) is 0 Å². The van der Waals surface area contributed by atoms with Crippen LogP contribution in [0.5, 0.6) is 5.75 Å². The summed E-state index contributed by atoms with van der Waals surface area (Å²) < 4.78 is 5.90. The summed E-state index contributed by atoms with van der Waals surface area (Å²) in [6, 6.07) is 4.49. The number of halogens is 1. The quantitative estimate of drug-likeness (QED) is 0.872. The largest absolute Gasteiger partial charge is 0.490 e. The van der Waals surface area contributed by atoms with Gasteiger partial charge >= 0.3 is 5.97 Å². The summed E-state index contributed by atoms with van der Waals surface area (Å²) in [4.78, 5) is 10.7. The Morgan fingerprint density at radius 3 is 2.75 bits per heavy atom. The van der Waals surface area contributed by atoms with Crippen LogP contribution in [-0.4, -0.2) is 28.9 Å². The molecule has 0 aliphatic heterocycles. The van der Waals surface area contributed by atoms with Crippen molar-refractivity contribution in [3.63, 3.8) is 0 Å². The van der Waals surface area contributed by atoms with Crippen LogP contribution in [0.15, 0.2) is 22.7 Å². The van der Waals surface area contributed by atoms with Crippen LogP contribution in [0.4, 0.5) is 0 Å². The third-order valence-corrected chi connectivity index (χ3v) is 2.70. The fourth-order valence-electron chi connectivity index (χ4n) is 1.05. The zero-order valence-electron chi connectivity index (χ0n) is 8.81. The van der Waals surface area contributed by atoms with Crippen LogP contribution in [0, 0.1) is 0 Å². The van der Waals surface area contributed by atoms with E-state index in [0.717, 1.165) is 0 Å². The van der Waals surface area contributed by atoms with Crippen molar-refractivity contribution in [3.8, 4) is 5.75 Å². The van der Waals surface area contributed by atoms with Crippen molar-refractivity contribution in [2.24, 2.45) is 0 Å². The Hall–Kier alpha value is -1.07. The average molecular weight is 289 g/mol. The molecule has 2 N–H and O–H groups in total. The summed E-state index contributed by atoms with van der Waals surface area (Å²) in [5, 5.41) is 18.1. The van der Waals surface area contributed by atoms with Crippen LogP contribution in [-0.2, 0) is 0 Å². The molecule has 16 heavy (non-hydrogen) atoms. The first-order valence-corrected chi connectivity index (χ1v) is 5.67. The average Bonchev–Trinajstić information content (AvgIpc) is 2.26. The maximum atomic E-state index is 10.7. The number of carboxylic acid groups (broad SMARTS) is 1. The summed E-state index contributed by atoms with van der Waals surface area (Å²) in [5.41, 5.74) is 0.190. The van der Waals surface area contributed by atoms with Gasteiger partial charge in [0.05, 0.1) is 16.1 Å². The number of carbonyl (C=O) groups is 1. The van der Waals surface area contributed by atoms with E-state index in [1.807, 2.05) is 6.92 Å². The minimum atomic E-state index is -0.985. The van der Waals surface area contributed by atoms with Gasteiger partial charge in [0.1, 0.15) is 12.4 Å². The molecule has 1 aromatic rings. The first-order valence-electron chi connectivity index (χ1n) is 4.88. The molecular formula is C11H13BrO4. The van der Waals surface area contributed by atoms with Crippen LogP contribution >= 0.6 is 15.9 Å². The van der Waals surface area contributed by atoms with Gasteiger partial charge in [0, 0.05) is 0 Å². The molecule has 0 amide bonds. The molecule has 0 aliphatic carbocycles. The summed E-state index contributed by atoms with van der Waals surface area (Å²) in [7, 11) is 0. The highest BCUT2D eigenvalue weighted by Crippen LogP contribution is 2.26. The lowest BCUT2D eigenvalue weighted by Crippen LogP contribution is -2.16. The van der Waals surface area contributed by atoms with Crippen molar-refractivity contribution in [1.82, 2.24) is 0 Å². The lowest BCUT2D eigenvalue weighted by atomic mass is 10.2. The number of rotatable bonds is 5. The summed E-state index contributed by atoms with van der Waals surface area (Å²) >= 11 is 3.22. The predicted octanol–water partition coefficient (Wildman–Crippen LogP) is 2.30.